The van der Waals surface area contributed by atoms with Crippen molar-refractivity contribution in [2.75, 3.05) is 42.2 Å². The molecule has 5 N–H and O–H groups in total. The number of nitrogen functional groups attached to an aromatic ring is 1. The van der Waals surface area contributed by atoms with Crippen LogP contribution in [0.2, 0.25) is 0 Å². The van der Waals surface area contributed by atoms with E-state index < -0.39 is 0 Å². The van der Waals surface area contributed by atoms with Crippen molar-refractivity contribution in [1.82, 2.24) is 4.98 Å². The van der Waals surface area contributed by atoms with Gasteiger partial charge in [-0.1, -0.05) is 0 Å². The van der Waals surface area contributed by atoms with Gasteiger partial charge in [-0.25, -0.2) is 0 Å². The Balaban J connectivity index is 1.87. The predicted octanol–water partition coefficient (Wildman–Crippen LogP) is 0.775. The molecule has 0 radical (unpaired) electrons. The summed E-state index contributed by atoms with van der Waals surface area (Å²) in [5.41, 5.74) is 9.03. The van der Waals surface area contributed by atoms with Crippen molar-refractivity contribution in [3.8, 4) is 0 Å². The van der Waals surface area contributed by atoms with Crippen molar-refractivity contribution in [2.24, 2.45) is 0 Å². The average Bonchev–Trinajstić information content (AvgIpc) is 2.87. The van der Waals surface area contributed by atoms with E-state index in [1.807, 2.05) is 6.07 Å². The maximum Gasteiger partial charge on any atom is 0.295 e. The highest BCUT2D eigenvalue weighted by atomic mass is 16.4. The quantitative estimate of drug-likeness (QED) is 0.617. The van der Waals surface area contributed by atoms with Gasteiger partial charge in [0, 0.05) is 25.7 Å². The number of oxazole rings is 1. The van der Waals surface area contributed by atoms with E-state index in [1.165, 1.54) is 0 Å². The van der Waals surface area contributed by atoms with Gasteiger partial charge in [-0.2, -0.15) is 4.98 Å². The Bertz CT molecular complexity index is 620. The van der Waals surface area contributed by atoms with Crippen LogP contribution >= 0.6 is 0 Å². The molecule has 0 amide bonds. The number of aliphatic hydroxyl groups is 2. The van der Waals surface area contributed by atoms with Crippen LogP contribution in [-0.2, 0) is 0 Å². The van der Waals surface area contributed by atoms with Crippen molar-refractivity contribution in [2.45, 2.75) is 18.9 Å². The summed E-state index contributed by atoms with van der Waals surface area (Å²) < 4.78 is 5.54. The van der Waals surface area contributed by atoms with E-state index in [-0.39, 0.29) is 12.7 Å². The zero-order valence-corrected chi connectivity index (χ0v) is 11.7. The van der Waals surface area contributed by atoms with Crippen molar-refractivity contribution in [3.05, 3.63) is 12.1 Å². The standard InChI is InChI=1S/C14H20N4O3/c15-10-7-13-11(17-14(21-13)16-3-6-19)8-12(10)18-4-1-9(20)2-5-18/h7-9,19-20H,1-6,15H2,(H,16,17). The number of rotatable bonds is 4. The van der Waals surface area contributed by atoms with Crippen LogP contribution in [0.4, 0.5) is 17.4 Å². The van der Waals surface area contributed by atoms with Crippen LogP contribution in [0, 0.1) is 0 Å². The molecule has 1 aliphatic rings. The lowest BCUT2D eigenvalue weighted by Crippen LogP contribution is -2.36. The highest BCUT2D eigenvalue weighted by molar-refractivity contribution is 5.86. The number of fused-ring (bicyclic) bond motifs is 1. The fourth-order valence-corrected chi connectivity index (χ4v) is 2.60. The van der Waals surface area contributed by atoms with E-state index in [4.69, 9.17) is 15.3 Å². The first-order valence-electron chi connectivity index (χ1n) is 7.15. The largest absolute Gasteiger partial charge is 0.423 e. The van der Waals surface area contributed by atoms with Crippen LogP contribution in [0.5, 0.6) is 0 Å². The van der Waals surface area contributed by atoms with Crippen LogP contribution in [0.15, 0.2) is 16.5 Å². The second-order valence-corrected chi connectivity index (χ2v) is 5.27. The minimum absolute atomic E-state index is 0.0161. The molecule has 3 rings (SSSR count). The molecule has 1 aliphatic heterocycles. The van der Waals surface area contributed by atoms with Gasteiger partial charge < -0.3 is 30.6 Å². The number of hydrogen-bond acceptors (Lipinski definition) is 7. The van der Waals surface area contributed by atoms with Gasteiger partial charge in [0.15, 0.2) is 5.58 Å². The summed E-state index contributed by atoms with van der Waals surface area (Å²) in [7, 11) is 0. The van der Waals surface area contributed by atoms with Crippen LogP contribution in [0.1, 0.15) is 12.8 Å². The first-order valence-corrected chi connectivity index (χ1v) is 7.15. The third-order valence-electron chi connectivity index (χ3n) is 3.73. The molecule has 0 bridgehead atoms. The highest BCUT2D eigenvalue weighted by Crippen LogP contribution is 2.32. The Morgan fingerprint density at radius 3 is 2.86 bits per heavy atom. The number of hydrogen-bond donors (Lipinski definition) is 4. The number of piperidine rings is 1. The number of nitrogens with zero attached hydrogens (tertiary/aromatic N) is 2. The molecule has 1 saturated heterocycles. The molecule has 0 atom stereocenters. The number of nitrogens with two attached hydrogens (primary N) is 1. The van der Waals surface area contributed by atoms with E-state index in [2.05, 4.69) is 15.2 Å². The summed E-state index contributed by atoms with van der Waals surface area (Å²) in [4.78, 5) is 6.50. The van der Waals surface area contributed by atoms with E-state index in [0.29, 0.717) is 23.8 Å². The van der Waals surface area contributed by atoms with Gasteiger partial charge in [-0.15, -0.1) is 0 Å². The number of aliphatic hydroxyl groups excluding tert-OH is 2. The zero-order valence-electron chi connectivity index (χ0n) is 11.7. The molecule has 0 unspecified atom stereocenters. The molecule has 114 valence electrons. The fourth-order valence-electron chi connectivity index (χ4n) is 2.60. The van der Waals surface area contributed by atoms with Gasteiger partial charge in [0.2, 0.25) is 0 Å². The maximum atomic E-state index is 9.59. The Kier molecular flexibility index (Phi) is 3.85. The molecule has 7 nitrogen and oxygen atoms in total. The minimum atomic E-state index is -0.215. The molecule has 2 heterocycles. The normalized spacial score (nSPS) is 16.6. The third-order valence-corrected chi connectivity index (χ3v) is 3.73. The summed E-state index contributed by atoms with van der Waals surface area (Å²) in [6.07, 6.45) is 1.28. The summed E-state index contributed by atoms with van der Waals surface area (Å²) in [6, 6.07) is 4.06. The number of anilines is 3. The lowest BCUT2D eigenvalue weighted by atomic mass is 10.1. The van der Waals surface area contributed by atoms with Gasteiger partial charge in [0.1, 0.15) is 5.52 Å². The summed E-state index contributed by atoms with van der Waals surface area (Å²) in [5.74, 6) is 0. The van der Waals surface area contributed by atoms with Crippen LogP contribution < -0.4 is 16.0 Å². The second-order valence-electron chi connectivity index (χ2n) is 5.27. The minimum Gasteiger partial charge on any atom is -0.423 e. The van der Waals surface area contributed by atoms with Crippen LogP contribution in [0.3, 0.4) is 0 Å². The van der Waals surface area contributed by atoms with Gasteiger partial charge in [0.25, 0.3) is 6.01 Å². The van der Waals surface area contributed by atoms with Crippen molar-refractivity contribution in [1.29, 1.82) is 0 Å². The Labute approximate surface area is 122 Å². The summed E-state index contributed by atoms with van der Waals surface area (Å²) in [5, 5.41) is 21.3. The van der Waals surface area contributed by atoms with Crippen LogP contribution in [0.25, 0.3) is 11.1 Å². The van der Waals surface area contributed by atoms with Gasteiger partial charge in [-0.05, 0) is 18.9 Å². The van der Waals surface area contributed by atoms with Gasteiger partial charge in [-0.3, -0.25) is 0 Å². The monoisotopic (exact) mass is 292 g/mol. The lowest BCUT2D eigenvalue weighted by molar-refractivity contribution is 0.145. The van der Waals surface area contributed by atoms with E-state index >= 15 is 0 Å². The predicted molar refractivity (Wildman–Crippen MR) is 81.5 cm³/mol. The Morgan fingerprint density at radius 1 is 1.38 bits per heavy atom. The van der Waals surface area contributed by atoms with Crippen molar-refractivity contribution < 1.29 is 14.6 Å². The number of benzene rings is 1. The van der Waals surface area contributed by atoms with Crippen LogP contribution in [-0.4, -0.2) is 47.5 Å². The van der Waals surface area contributed by atoms with Gasteiger partial charge >= 0.3 is 0 Å². The molecule has 0 aliphatic carbocycles. The zero-order chi connectivity index (χ0) is 14.8. The van der Waals surface area contributed by atoms with Crippen molar-refractivity contribution in [3.63, 3.8) is 0 Å². The third kappa shape index (κ3) is 2.88. The SMILES string of the molecule is Nc1cc2oc(NCCO)nc2cc1N1CCC(O)CC1. The Morgan fingerprint density at radius 2 is 2.14 bits per heavy atom. The van der Waals surface area contributed by atoms with E-state index in [0.717, 1.165) is 37.1 Å². The first-order chi connectivity index (χ1) is 10.2. The smallest absolute Gasteiger partial charge is 0.295 e. The molecule has 21 heavy (non-hydrogen) atoms. The molecule has 0 saturated carbocycles. The summed E-state index contributed by atoms with van der Waals surface area (Å²) >= 11 is 0. The lowest BCUT2D eigenvalue weighted by Gasteiger charge is -2.32. The number of nitrogens with one attached hydrogen (secondary N) is 1. The molecule has 1 fully saturated rings. The molecule has 1 aromatic carbocycles. The molecule has 7 heteroatoms. The molecular formula is C14H20N4O3. The molecular weight excluding hydrogens is 272 g/mol. The molecule has 0 spiro atoms. The average molecular weight is 292 g/mol. The van der Waals surface area contributed by atoms with Gasteiger partial charge in [0.05, 0.1) is 24.1 Å². The molecule has 2 aromatic rings. The topological polar surface area (TPSA) is 108 Å². The first kappa shape index (κ1) is 14.0. The number of aromatic nitrogens is 1. The van der Waals surface area contributed by atoms with E-state index in [9.17, 15) is 5.11 Å². The Hall–Kier alpha value is -1.99. The summed E-state index contributed by atoms with van der Waals surface area (Å²) in [6.45, 7) is 1.97. The second kappa shape index (κ2) is 5.79. The maximum absolute atomic E-state index is 9.59. The van der Waals surface area contributed by atoms with Crippen molar-refractivity contribution >= 4 is 28.5 Å². The fraction of sp³-hybridized carbons (Fsp3) is 0.500. The van der Waals surface area contributed by atoms with E-state index in [1.54, 1.807) is 6.07 Å². The molecule has 1 aromatic heterocycles. The highest BCUT2D eigenvalue weighted by Gasteiger charge is 2.20.